The van der Waals surface area contributed by atoms with Crippen LogP contribution in [0.1, 0.15) is 29.5 Å². The highest BCUT2D eigenvalue weighted by Gasteiger charge is 2.21. The summed E-state index contributed by atoms with van der Waals surface area (Å²) >= 11 is 0. The first-order chi connectivity index (χ1) is 9.84. The SMILES string of the molecule is Oc1ccc2ncc3c(c2c1C1=CCNCC1)CCC3. The number of phenolic OH excluding ortho intramolecular Hbond substituents is 1. The van der Waals surface area contributed by atoms with Gasteiger partial charge in [-0.2, -0.15) is 0 Å². The summed E-state index contributed by atoms with van der Waals surface area (Å²) in [4.78, 5) is 4.60. The van der Waals surface area contributed by atoms with Crippen molar-refractivity contribution in [2.24, 2.45) is 0 Å². The molecule has 102 valence electrons. The minimum atomic E-state index is 0.396. The van der Waals surface area contributed by atoms with E-state index in [0.29, 0.717) is 5.75 Å². The van der Waals surface area contributed by atoms with Crippen LogP contribution in [0.3, 0.4) is 0 Å². The zero-order valence-electron chi connectivity index (χ0n) is 11.4. The maximum atomic E-state index is 10.4. The van der Waals surface area contributed by atoms with Gasteiger partial charge in [-0.25, -0.2) is 0 Å². The Bertz CT molecular complexity index is 718. The van der Waals surface area contributed by atoms with Gasteiger partial charge in [0.05, 0.1) is 5.52 Å². The molecule has 0 atom stereocenters. The third-order valence-electron chi connectivity index (χ3n) is 4.47. The van der Waals surface area contributed by atoms with E-state index in [-0.39, 0.29) is 0 Å². The summed E-state index contributed by atoms with van der Waals surface area (Å²) in [5.74, 6) is 0.396. The Morgan fingerprint density at radius 2 is 2.10 bits per heavy atom. The number of hydrogen-bond acceptors (Lipinski definition) is 3. The molecule has 2 heterocycles. The van der Waals surface area contributed by atoms with Crippen molar-refractivity contribution in [1.29, 1.82) is 0 Å². The van der Waals surface area contributed by atoms with E-state index in [2.05, 4.69) is 16.4 Å². The predicted molar refractivity (Wildman–Crippen MR) is 80.9 cm³/mol. The number of nitrogens with zero attached hydrogens (tertiary/aromatic N) is 1. The molecule has 3 nitrogen and oxygen atoms in total. The summed E-state index contributed by atoms with van der Waals surface area (Å²) in [6, 6.07) is 3.73. The van der Waals surface area contributed by atoms with Crippen LogP contribution in [0.25, 0.3) is 16.5 Å². The Morgan fingerprint density at radius 1 is 1.15 bits per heavy atom. The van der Waals surface area contributed by atoms with Crippen LogP contribution in [-0.2, 0) is 12.8 Å². The van der Waals surface area contributed by atoms with E-state index in [1.54, 1.807) is 6.07 Å². The summed E-state index contributed by atoms with van der Waals surface area (Å²) < 4.78 is 0. The van der Waals surface area contributed by atoms with Gasteiger partial charge in [-0.05, 0) is 61.1 Å². The quantitative estimate of drug-likeness (QED) is 0.834. The van der Waals surface area contributed by atoms with Gasteiger partial charge >= 0.3 is 0 Å². The highest BCUT2D eigenvalue weighted by Crippen LogP contribution is 2.39. The molecule has 2 N–H and O–H groups in total. The summed E-state index contributed by atoms with van der Waals surface area (Å²) in [6.45, 7) is 1.86. The Labute approximate surface area is 118 Å². The maximum absolute atomic E-state index is 10.4. The Kier molecular flexibility index (Phi) is 2.74. The molecule has 0 spiro atoms. The zero-order valence-corrected chi connectivity index (χ0v) is 11.4. The first-order valence-electron chi connectivity index (χ1n) is 7.37. The highest BCUT2D eigenvalue weighted by molar-refractivity contribution is 5.97. The molecule has 1 aliphatic heterocycles. The number of aromatic hydroxyl groups is 1. The van der Waals surface area contributed by atoms with Crippen LogP contribution in [0.4, 0.5) is 0 Å². The zero-order chi connectivity index (χ0) is 13.5. The van der Waals surface area contributed by atoms with Crippen molar-refractivity contribution in [3.05, 3.63) is 41.1 Å². The Hall–Kier alpha value is -1.87. The van der Waals surface area contributed by atoms with E-state index in [4.69, 9.17) is 0 Å². The molecule has 3 heteroatoms. The molecule has 0 amide bonds. The molecule has 4 rings (SSSR count). The first kappa shape index (κ1) is 11.9. The number of phenols is 1. The van der Waals surface area contributed by atoms with Crippen LogP contribution in [-0.4, -0.2) is 23.2 Å². The van der Waals surface area contributed by atoms with Gasteiger partial charge in [0, 0.05) is 23.7 Å². The molecule has 20 heavy (non-hydrogen) atoms. The van der Waals surface area contributed by atoms with E-state index >= 15 is 0 Å². The Balaban J connectivity index is 2.05. The summed E-state index contributed by atoms with van der Waals surface area (Å²) in [5, 5.41) is 14.9. The number of rotatable bonds is 1. The van der Waals surface area contributed by atoms with Crippen molar-refractivity contribution >= 4 is 16.5 Å². The standard InChI is InChI=1S/C17H18N2O/c20-15-5-4-14-17(13-3-1-2-12(13)10-19-14)16(15)11-6-8-18-9-7-11/h4-6,10,18,20H,1-3,7-9H2. The molecule has 0 radical (unpaired) electrons. The van der Waals surface area contributed by atoms with Crippen molar-refractivity contribution in [2.75, 3.05) is 13.1 Å². The van der Waals surface area contributed by atoms with Gasteiger partial charge in [-0.3, -0.25) is 4.98 Å². The molecule has 0 unspecified atom stereocenters. The second-order valence-electron chi connectivity index (χ2n) is 5.65. The lowest BCUT2D eigenvalue weighted by Crippen LogP contribution is -2.20. The molecule has 1 aromatic heterocycles. The summed E-state index contributed by atoms with van der Waals surface area (Å²) in [6.07, 6.45) is 8.61. The predicted octanol–water partition coefficient (Wildman–Crippen LogP) is 2.81. The fraction of sp³-hybridized carbons (Fsp3) is 0.353. The molecule has 1 aromatic carbocycles. The molecule has 0 fully saturated rings. The lowest BCUT2D eigenvalue weighted by Gasteiger charge is -2.18. The molecular formula is C17H18N2O. The van der Waals surface area contributed by atoms with Crippen molar-refractivity contribution in [2.45, 2.75) is 25.7 Å². The van der Waals surface area contributed by atoms with Crippen molar-refractivity contribution in [1.82, 2.24) is 10.3 Å². The fourth-order valence-corrected chi connectivity index (χ4v) is 3.51. The van der Waals surface area contributed by atoms with E-state index in [0.717, 1.165) is 43.4 Å². The van der Waals surface area contributed by atoms with Crippen LogP contribution < -0.4 is 5.32 Å². The molecule has 0 saturated heterocycles. The van der Waals surface area contributed by atoms with E-state index in [1.165, 1.54) is 28.5 Å². The van der Waals surface area contributed by atoms with E-state index < -0.39 is 0 Å². The third-order valence-corrected chi connectivity index (χ3v) is 4.47. The minimum absolute atomic E-state index is 0.396. The third kappa shape index (κ3) is 1.74. The smallest absolute Gasteiger partial charge is 0.123 e. The van der Waals surface area contributed by atoms with E-state index in [1.807, 2.05) is 12.3 Å². The van der Waals surface area contributed by atoms with Gasteiger partial charge in [0.2, 0.25) is 0 Å². The topological polar surface area (TPSA) is 45.2 Å². The molecular weight excluding hydrogens is 248 g/mol. The summed E-state index contributed by atoms with van der Waals surface area (Å²) in [7, 11) is 0. The van der Waals surface area contributed by atoms with Gasteiger partial charge in [-0.1, -0.05) is 6.08 Å². The van der Waals surface area contributed by atoms with Crippen LogP contribution in [0.15, 0.2) is 24.4 Å². The van der Waals surface area contributed by atoms with Gasteiger partial charge in [-0.15, -0.1) is 0 Å². The van der Waals surface area contributed by atoms with Crippen LogP contribution in [0, 0.1) is 0 Å². The highest BCUT2D eigenvalue weighted by atomic mass is 16.3. The van der Waals surface area contributed by atoms with Crippen LogP contribution in [0.5, 0.6) is 5.75 Å². The number of aryl methyl sites for hydroxylation is 2. The van der Waals surface area contributed by atoms with E-state index in [9.17, 15) is 5.11 Å². The van der Waals surface area contributed by atoms with Crippen molar-refractivity contribution in [3.63, 3.8) is 0 Å². The number of hydrogen-bond donors (Lipinski definition) is 2. The molecule has 2 aliphatic rings. The second kappa shape index (κ2) is 4.60. The maximum Gasteiger partial charge on any atom is 0.123 e. The monoisotopic (exact) mass is 266 g/mol. The lowest BCUT2D eigenvalue weighted by molar-refractivity contribution is 0.474. The first-order valence-corrected chi connectivity index (χ1v) is 7.37. The summed E-state index contributed by atoms with van der Waals surface area (Å²) in [5.41, 5.74) is 6.06. The second-order valence-corrected chi connectivity index (χ2v) is 5.65. The number of pyridine rings is 1. The van der Waals surface area contributed by atoms with Gasteiger partial charge in [0.25, 0.3) is 0 Å². The fourth-order valence-electron chi connectivity index (χ4n) is 3.51. The lowest BCUT2D eigenvalue weighted by atomic mass is 9.92. The van der Waals surface area contributed by atoms with Crippen LogP contribution >= 0.6 is 0 Å². The largest absolute Gasteiger partial charge is 0.507 e. The average molecular weight is 266 g/mol. The van der Waals surface area contributed by atoms with Crippen molar-refractivity contribution < 1.29 is 5.11 Å². The number of benzene rings is 1. The van der Waals surface area contributed by atoms with Crippen molar-refractivity contribution in [3.8, 4) is 5.75 Å². The Morgan fingerprint density at radius 3 is 2.95 bits per heavy atom. The average Bonchev–Trinajstić information content (AvgIpc) is 2.96. The minimum Gasteiger partial charge on any atom is -0.507 e. The number of aromatic nitrogens is 1. The number of fused-ring (bicyclic) bond motifs is 3. The van der Waals surface area contributed by atoms with Gasteiger partial charge in [0.1, 0.15) is 5.75 Å². The molecule has 2 aromatic rings. The molecule has 0 bridgehead atoms. The molecule has 0 saturated carbocycles. The van der Waals surface area contributed by atoms with Gasteiger partial charge < -0.3 is 10.4 Å². The van der Waals surface area contributed by atoms with Crippen LogP contribution in [0.2, 0.25) is 0 Å². The number of nitrogens with one attached hydrogen (secondary N) is 1. The van der Waals surface area contributed by atoms with Gasteiger partial charge in [0.15, 0.2) is 0 Å². The molecule has 1 aliphatic carbocycles. The normalized spacial score (nSPS) is 18.1.